The fourth-order valence-electron chi connectivity index (χ4n) is 2.90. The third kappa shape index (κ3) is 4.73. The maximum Gasteiger partial charge on any atom is 0.346 e. The number of methoxy groups -OCH3 is 2. The van der Waals surface area contributed by atoms with Crippen LogP contribution >= 0.6 is 0 Å². The second-order valence-electron chi connectivity index (χ2n) is 6.07. The van der Waals surface area contributed by atoms with Gasteiger partial charge in [-0.2, -0.15) is 0 Å². The first kappa shape index (κ1) is 19.9. The first-order valence-corrected chi connectivity index (χ1v) is 8.96. The van der Waals surface area contributed by atoms with Crippen LogP contribution in [0, 0.1) is 0 Å². The third-order valence-electron chi connectivity index (χ3n) is 4.25. The average Bonchev–Trinajstić information content (AvgIpc) is 2.77. The highest BCUT2D eigenvalue weighted by atomic mass is 16.5. The molecule has 0 aliphatic carbocycles. The Hall–Kier alpha value is -3.80. The topological polar surface area (TPSA) is 73.9 Å². The van der Waals surface area contributed by atoms with Crippen molar-refractivity contribution in [3.8, 4) is 22.6 Å². The van der Waals surface area contributed by atoms with E-state index in [-0.39, 0.29) is 5.56 Å². The van der Waals surface area contributed by atoms with Gasteiger partial charge in [0.05, 0.1) is 14.2 Å². The Bertz CT molecular complexity index is 979. The van der Waals surface area contributed by atoms with Crippen LogP contribution in [-0.4, -0.2) is 32.7 Å². The number of carbonyl (C=O) groups is 2. The van der Waals surface area contributed by atoms with Gasteiger partial charge in [0, 0.05) is 11.3 Å². The molecule has 29 heavy (non-hydrogen) atoms. The number of rotatable bonds is 7. The molecular formula is C23H21NO5. The second-order valence-corrected chi connectivity index (χ2v) is 6.07. The monoisotopic (exact) mass is 391 g/mol. The summed E-state index contributed by atoms with van der Waals surface area (Å²) < 4.78 is 15.6. The summed E-state index contributed by atoms with van der Waals surface area (Å²) >= 11 is 0. The van der Waals surface area contributed by atoms with E-state index >= 15 is 0 Å². The number of anilines is 1. The van der Waals surface area contributed by atoms with Gasteiger partial charge < -0.3 is 19.5 Å². The smallest absolute Gasteiger partial charge is 0.346 e. The number of esters is 1. The highest BCUT2D eigenvalue weighted by Crippen LogP contribution is 2.29. The Morgan fingerprint density at radius 1 is 0.793 bits per heavy atom. The number of ether oxygens (including phenoxy) is 3. The van der Waals surface area contributed by atoms with Gasteiger partial charge in [0.25, 0.3) is 5.91 Å². The molecule has 6 heteroatoms. The van der Waals surface area contributed by atoms with Crippen LogP contribution in [0.2, 0.25) is 0 Å². The molecule has 1 N–H and O–H groups in total. The number of nitrogens with one attached hydrogen (secondary N) is 1. The van der Waals surface area contributed by atoms with Crippen molar-refractivity contribution in [3.05, 3.63) is 78.4 Å². The summed E-state index contributed by atoms with van der Waals surface area (Å²) in [6.45, 7) is -0.441. The van der Waals surface area contributed by atoms with Gasteiger partial charge >= 0.3 is 5.97 Å². The predicted octanol–water partition coefficient (Wildman–Crippen LogP) is 4.17. The largest absolute Gasteiger partial charge is 0.496 e. The summed E-state index contributed by atoms with van der Waals surface area (Å²) in [5.41, 5.74) is 2.61. The number of benzene rings is 3. The number of hydrogen-bond acceptors (Lipinski definition) is 5. The van der Waals surface area contributed by atoms with Gasteiger partial charge in [-0.05, 0) is 23.8 Å². The van der Waals surface area contributed by atoms with Crippen molar-refractivity contribution >= 4 is 17.6 Å². The quantitative estimate of drug-likeness (QED) is 0.612. The molecule has 0 radical (unpaired) electrons. The molecule has 3 rings (SSSR count). The van der Waals surface area contributed by atoms with Crippen LogP contribution < -0.4 is 14.8 Å². The number of para-hydroxylation sites is 1. The average molecular weight is 391 g/mol. The molecule has 0 saturated carbocycles. The molecule has 0 saturated heterocycles. The van der Waals surface area contributed by atoms with Crippen LogP contribution in [-0.2, 0) is 9.53 Å². The van der Waals surface area contributed by atoms with E-state index in [1.807, 2.05) is 48.5 Å². The number of hydrogen-bond donors (Lipinski definition) is 1. The van der Waals surface area contributed by atoms with Crippen molar-refractivity contribution in [1.82, 2.24) is 0 Å². The maximum atomic E-state index is 12.5. The zero-order valence-corrected chi connectivity index (χ0v) is 16.2. The van der Waals surface area contributed by atoms with E-state index in [4.69, 9.17) is 14.2 Å². The maximum absolute atomic E-state index is 12.5. The van der Waals surface area contributed by atoms with Crippen molar-refractivity contribution in [2.75, 3.05) is 26.1 Å². The highest BCUT2D eigenvalue weighted by Gasteiger charge is 2.21. The van der Waals surface area contributed by atoms with E-state index in [0.717, 1.165) is 11.1 Å². The van der Waals surface area contributed by atoms with Gasteiger partial charge in [-0.3, -0.25) is 4.79 Å². The molecule has 0 fully saturated rings. The fourth-order valence-corrected chi connectivity index (χ4v) is 2.90. The minimum Gasteiger partial charge on any atom is -0.496 e. The molecular weight excluding hydrogens is 370 g/mol. The van der Waals surface area contributed by atoms with E-state index in [1.54, 1.807) is 24.3 Å². The predicted molar refractivity (Wildman–Crippen MR) is 110 cm³/mol. The zero-order chi connectivity index (χ0) is 20.6. The zero-order valence-electron chi connectivity index (χ0n) is 16.2. The molecule has 6 nitrogen and oxygen atoms in total. The van der Waals surface area contributed by atoms with E-state index in [9.17, 15) is 9.59 Å². The molecule has 0 bridgehead atoms. The third-order valence-corrected chi connectivity index (χ3v) is 4.25. The van der Waals surface area contributed by atoms with Crippen LogP contribution in [0.25, 0.3) is 11.1 Å². The molecule has 0 aliphatic heterocycles. The van der Waals surface area contributed by atoms with Gasteiger partial charge in [0.15, 0.2) is 6.61 Å². The molecule has 0 heterocycles. The van der Waals surface area contributed by atoms with Gasteiger partial charge in [0.2, 0.25) is 0 Å². The Kier molecular flexibility index (Phi) is 6.47. The van der Waals surface area contributed by atoms with E-state index < -0.39 is 18.5 Å². The molecule has 0 atom stereocenters. The van der Waals surface area contributed by atoms with Crippen LogP contribution in [0.4, 0.5) is 5.69 Å². The number of amides is 1. The molecule has 0 aromatic heterocycles. The summed E-state index contributed by atoms with van der Waals surface area (Å²) in [6, 6.07) is 22.1. The Labute approximate surface area is 169 Å². The molecule has 0 aliphatic rings. The summed E-state index contributed by atoms with van der Waals surface area (Å²) in [5, 5.41) is 2.79. The fraction of sp³-hybridized carbons (Fsp3) is 0.130. The van der Waals surface area contributed by atoms with E-state index in [2.05, 4.69) is 5.32 Å². The summed E-state index contributed by atoms with van der Waals surface area (Å²) in [4.78, 5) is 24.9. The number of carbonyl (C=O) groups excluding carboxylic acids is 2. The summed E-state index contributed by atoms with van der Waals surface area (Å²) in [7, 11) is 2.89. The van der Waals surface area contributed by atoms with Crippen LogP contribution in [0.15, 0.2) is 72.8 Å². The molecule has 0 spiro atoms. The van der Waals surface area contributed by atoms with Crippen molar-refractivity contribution in [2.45, 2.75) is 0 Å². The van der Waals surface area contributed by atoms with Crippen molar-refractivity contribution < 1.29 is 23.8 Å². The van der Waals surface area contributed by atoms with Gasteiger partial charge in [-0.1, -0.05) is 54.6 Å². The molecule has 0 unspecified atom stereocenters. The van der Waals surface area contributed by atoms with Gasteiger partial charge in [0.1, 0.15) is 17.1 Å². The molecule has 148 valence electrons. The molecule has 3 aromatic rings. The Morgan fingerprint density at radius 2 is 1.41 bits per heavy atom. The van der Waals surface area contributed by atoms with Gasteiger partial charge in [-0.25, -0.2) is 4.79 Å². The van der Waals surface area contributed by atoms with E-state index in [0.29, 0.717) is 17.2 Å². The van der Waals surface area contributed by atoms with Gasteiger partial charge in [-0.15, -0.1) is 0 Å². The molecule has 3 aromatic carbocycles. The minimum atomic E-state index is -0.703. The lowest BCUT2D eigenvalue weighted by Gasteiger charge is -2.13. The highest BCUT2D eigenvalue weighted by molar-refractivity contribution is 6.00. The van der Waals surface area contributed by atoms with Crippen LogP contribution in [0.3, 0.4) is 0 Å². The van der Waals surface area contributed by atoms with Crippen LogP contribution in [0.1, 0.15) is 10.4 Å². The Morgan fingerprint density at radius 3 is 2.07 bits per heavy atom. The minimum absolute atomic E-state index is 0.134. The second kappa shape index (κ2) is 9.41. The SMILES string of the molecule is COc1cccc(OC)c1C(=O)OCC(=O)Nc1ccccc1-c1ccccc1. The lowest BCUT2D eigenvalue weighted by molar-refractivity contribution is -0.119. The van der Waals surface area contributed by atoms with Crippen molar-refractivity contribution in [3.63, 3.8) is 0 Å². The Balaban J connectivity index is 1.70. The summed E-state index contributed by atoms with van der Waals surface area (Å²) in [5.74, 6) is -0.533. The lowest BCUT2D eigenvalue weighted by atomic mass is 10.0. The molecule has 1 amide bonds. The first-order chi connectivity index (χ1) is 14.1. The first-order valence-electron chi connectivity index (χ1n) is 8.96. The lowest BCUT2D eigenvalue weighted by Crippen LogP contribution is -2.21. The van der Waals surface area contributed by atoms with Crippen molar-refractivity contribution in [2.24, 2.45) is 0 Å². The van der Waals surface area contributed by atoms with Crippen LogP contribution in [0.5, 0.6) is 11.5 Å². The normalized spacial score (nSPS) is 10.1. The standard InChI is InChI=1S/C23H21NO5/c1-27-19-13-8-14-20(28-2)22(19)23(26)29-15-21(25)24-18-12-7-6-11-17(18)16-9-4-3-5-10-16/h3-14H,15H2,1-2H3,(H,24,25). The summed E-state index contributed by atoms with van der Waals surface area (Å²) in [6.07, 6.45) is 0. The van der Waals surface area contributed by atoms with Crippen molar-refractivity contribution in [1.29, 1.82) is 0 Å². The van der Waals surface area contributed by atoms with E-state index in [1.165, 1.54) is 14.2 Å².